The Morgan fingerprint density at radius 3 is 2.47 bits per heavy atom. The topological polar surface area (TPSA) is 49.2 Å². The molecular formula is C12H21N3OS. The second kappa shape index (κ2) is 4.90. The monoisotopic (exact) mass is 255 g/mol. The number of piperidine rings is 1. The summed E-state index contributed by atoms with van der Waals surface area (Å²) >= 11 is 1.49. The van der Waals surface area contributed by atoms with Gasteiger partial charge in [-0.25, -0.2) is 4.98 Å². The third kappa shape index (κ3) is 2.96. The zero-order valence-electron chi connectivity index (χ0n) is 10.8. The maximum Gasteiger partial charge on any atom is 0.205 e. The van der Waals surface area contributed by atoms with Gasteiger partial charge in [-0.1, -0.05) is 20.8 Å². The van der Waals surface area contributed by atoms with Crippen LogP contribution in [0.1, 0.15) is 39.4 Å². The minimum atomic E-state index is 0.0260. The Morgan fingerprint density at radius 2 is 2.00 bits per heavy atom. The number of aliphatic hydroxyl groups is 1. The summed E-state index contributed by atoms with van der Waals surface area (Å²) in [6.45, 7) is 8.70. The molecule has 5 heteroatoms. The van der Waals surface area contributed by atoms with E-state index in [1.165, 1.54) is 11.5 Å². The number of aromatic nitrogens is 2. The van der Waals surface area contributed by atoms with Crippen LogP contribution in [-0.2, 0) is 5.41 Å². The molecule has 2 rings (SSSR count). The molecule has 2 heterocycles. The summed E-state index contributed by atoms with van der Waals surface area (Å²) in [7, 11) is 0. The highest BCUT2D eigenvalue weighted by Gasteiger charge is 2.24. The van der Waals surface area contributed by atoms with Gasteiger partial charge in [0.15, 0.2) is 0 Å². The molecule has 4 nitrogen and oxygen atoms in total. The summed E-state index contributed by atoms with van der Waals surface area (Å²) in [5.74, 6) is 1.41. The summed E-state index contributed by atoms with van der Waals surface area (Å²) in [6.07, 6.45) is 2.11. The highest BCUT2D eigenvalue weighted by atomic mass is 32.1. The molecule has 96 valence electrons. The van der Waals surface area contributed by atoms with Crippen molar-refractivity contribution >= 4 is 16.7 Å². The number of hydrogen-bond donors (Lipinski definition) is 1. The first-order valence-electron chi connectivity index (χ1n) is 6.20. The molecule has 1 N–H and O–H groups in total. The van der Waals surface area contributed by atoms with Gasteiger partial charge < -0.3 is 10.0 Å². The van der Waals surface area contributed by atoms with E-state index in [0.29, 0.717) is 12.5 Å². The fourth-order valence-electron chi connectivity index (χ4n) is 1.96. The maximum atomic E-state index is 9.11. The van der Waals surface area contributed by atoms with Gasteiger partial charge in [0.25, 0.3) is 0 Å². The standard InChI is InChI=1S/C12H21N3OS/c1-12(2,3)10-13-11(17-14-10)15-6-4-9(8-16)5-7-15/h9,16H,4-8H2,1-3H3. The Morgan fingerprint density at radius 1 is 1.35 bits per heavy atom. The normalized spacial score (nSPS) is 18.7. The molecule has 0 amide bonds. The molecule has 0 atom stereocenters. The predicted octanol–water partition coefficient (Wildman–Crippen LogP) is 2.04. The lowest BCUT2D eigenvalue weighted by Gasteiger charge is -2.30. The third-order valence-corrected chi connectivity index (χ3v) is 4.01. The molecule has 0 radical (unpaired) electrons. The van der Waals surface area contributed by atoms with E-state index in [2.05, 4.69) is 35.0 Å². The summed E-state index contributed by atoms with van der Waals surface area (Å²) < 4.78 is 4.44. The van der Waals surface area contributed by atoms with Crippen molar-refractivity contribution in [2.75, 3.05) is 24.6 Å². The Bertz CT molecular complexity index is 364. The van der Waals surface area contributed by atoms with Gasteiger partial charge in [-0.3, -0.25) is 0 Å². The van der Waals surface area contributed by atoms with Gasteiger partial charge in [0, 0.05) is 36.6 Å². The largest absolute Gasteiger partial charge is 0.396 e. The first-order chi connectivity index (χ1) is 8.00. The predicted molar refractivity (Wildman–Crippen MR) is 70.6 cm³/mol. The second-order valence-corrected chi connectivity index (χ2v) is 6.49. The minimum Gasteiger partial charge on any atom is -0.396 e. The van der Waals surface area contributed by atoms with Crippen molar-refractivity contribution in [3.8, 4) is 0 Å². The van der Waals surface area contributed by atoms with Gasteiger partial charge in [-0.05, 0) is 18.8 Å². The number of nitrogens with zero attached hydrogens (tertiary/aromatic N) is 3. The van der Waals surface area contributed by atoms with Crippen molar-refractivity contribution in [1.29, 1.82) is 0 Å². The Hall–Kier alpha value is -0.680. The number of aliphatic hydroxyl groups excluding tert-OH is 1. The lowest BCUT2D eigenvalue weighted by atomic mass is 9.96. The summed E-state index contributed by atoms with van der Waals surface area (Å²) in [4.78, 5) is 6.92. The van der Waals surface area contributed by atoms with Crippen LogP contribution in [0.3, 0.4) is 0 Å². The van der Waals surface area contributed by atoms with E-state index in [1.807, 2.05) is 0 Å². The van der Waals surface area contributed by atoms with Crippen molar-refractivity contribution in [3.05, 3.63) is 5.82 Å². The third-order valence-electron chi connectivity index (χ3n) is 3.23. The SMILES string of the molecule is CC(C)(C)c1nsc(N2CCC(CO)CC2)n1. The van der Waals surface area contributed by atoms with E-state index < -0.39 is 0 Å². The van der Waals surface area contributed by atoms with Gasteiger partial charge in [-0.15, -0.1) is 0 Å². The van der Waals surface area contributed by atoms with Crippen LogP contribution in [-0.4, -0.2) is 34.2 Å². The van der Waals surface area contributed by atoms with Crippen molar-refractivity contribution in [3.63, 3.8) is 0 Å². The molecule has 0 aliphatic carbocycles. The van der Waals surface area contributed by atoms with E-state index >= 15 is 0 Å². The molecule has 1 aromatic rings. The van der Waals surface area contributed by atoms with Gasteiger partial charge in [0.1, 0.15) is 5.82 Å². The molecule has 1 fully saturated rings. The van der Waals surface area contributed by atoms with Crippen molar-refractivity contribution in [1.82, 2.24) is 9.36 Å². The summed E-state index contributed by atoms with van der Waals surface area (Å²) in [5.41, 5.74) is 0.0260. The maximum absolute atomic E-state index is 9.11. The van der Waals surface area contributed by atoms with Crippen molar-refractivity contribution < 1.29 is 5.11 Å². The van der Waals surface area contributed by atoms with Crippen LogP contribution in [0, 0.1) is 5.92 Å². The molecule has 0 bridgehead atoms. The zero-order chi connectivity index (χ0) is 12.5. The molecule has 17 heavy (non-hydrogen) atoms. The molecule has 0 unspecified atom stereocenters. The van der Waals surface area contributed by atoms with Crippen LogP contribution in [0.2, 0.25) is 0 Å². The number of anilines is 1. The lowest BCUT2D eigenvalue weighted by molar-refractivity contribution is 0.203. The minimum absolute atomic E-state index is 0.0260. The highest BCUT2D eigenvalue weighted by Crippen LogP contribution is 2.28. The van der Waals surface area contributed by atoms with E-state index in [9.17, 15) is 0 Å². The van der Waals surface area contributed by atoms with Crippen molar-refractivity contribution in [2.24, 2.45) is 5.92 Å². The average molecular weight is 255 g/mol. The Kier molecular flexibility index (Phi) is 3.68. The molecule has 1 aromatic heterocycles. The van der Waals surface area contributed by atoms with Crippen molar-refractivity contribution in [2.45, 2.75) is 39.0 Å². The average Bonchev–Trinajstić information content (AvgIpc) is 2.78. The van der Waals surface area contributed by atoms with E-state index in [-0.39, 0.29) is 5.41 Å². The van der Waals surface area contributed by atoms with Crippen LogP contribution in [0.4, 0.5) is 5.13 Å². The van der Waals surface area contributed by atoms with E-state index in [0.717, 1.165) is 36.9 Å². The molecule has 0 spiro atoms. The van der Waals surface area contributed by atoms with Crippen LogP contribution in [0.5, 0.6) is 0 Å². The van der Waals surface area contributed by atoms with E-state index in [1.54, 1.807) is 0 Å². The van der Waals surface area contributed by atoms with Gasteiger partial charge in [-0.2, -0.15) is 4.37 Å². The van der Waals surface area contributed by atoms with Gasteiger partial charge >= 0.3 is 0 Å². The highest BCUT2D eigenvalue weighted by molar-refractivity contribution is 7.09. The van der Waals surface area contributed by atoms with E-state index in [4.69, 9.17) is 5.11 Å². The fourth-order valence-corrected chi connectivity index (χ4v) is 2.86. The molecule has 1 aliphatic rings. The fraction of sp³-hybridized carbons (Fsp3) is 0.833. The molecule has 1 aliphatic heterocycles. The van der Waals surface area contributed by atoms with Crippen LogP contribution >= 0.6 is 11.5 Å². The van der Waals surface area contributed by atoms with Gasteiger partial charge in [0.2, 0.25) is 5.13 Å². The lowest BCUT2D eigenvalue weighted by Crippen LogP contribution is -2.34. The second-order valence-electron chi connectivity index (χ2n) is 5.76. The van der Waals surface area contributed by atoms with Gasteiger partial charge in [0.05, 0.1) is 0 Å². The first-order valence-corrected chi connectivity index (χ1v) is 6.98. The Labute approximate surface area is 107 Å². The quantitative estimate of drug-likeness (QED) is 0.878. The molecular weight excluding hydrogens is 234 g/mol. The van der Waals surface area contributed by atoms with Crippen LogP contribution in [0.25, 0.3) is 0 Å². The van der Waals surface area contributed by atoms with Crippen LogP contribution in [0.15, 0.2) is 0 Å². The van der Waals surface area contributed by atoms with Crippen LogP contribution < -0.4 is 4.90 Å². The zero-order valence-corrected chi connectivity index (χ0v) is 11.6. The Balaban J connectivity index is 2.02. The number of hydrogen-bond acceptors (Lipinski definition) is 5. The molecule has 1 saturated heterocycles. The first kappa shape index (κ1) is 12.8. The summed E-state index contributed by atoms with van der Waals surface area (Å²) in [5, 5.41) is 10.1. The number of rotatable bonds is 2. The molecule has 0 aromatic carbocycles. The molecule has 0 saturated carbocycles. The summed E-state index contributed by atoms with van der Waals surface area (Å²) in [6, 6.07) is 0. The smallest absolute Gasteiger partial charge is 0.205 e.